The first-order valence-electron chi connectivity index (χ1n) is 10.8. The summed E-state index contributed by atoms with van der Waals surface area (Å²) in [5.74, 6) is 3.10. The highest BCUT2D eigenvalue weighted by atomic mass is 16.7. The lowest BCUT2D eigenvalue weighted by Crippen LogP contribution is -3.30. The number of hydrogen-bond acceptors (Lipinski definition) is 5. The minimum absolute atomic E-state index is 0.0279. The Morgan fingerprint density at radius 1 is 1.03 bits per heavy atom. The third-order valence-electron chi connectivity index (χ3n) is 6.03. The van der Waals surface area contributed by atoms with E-state index in [0.29, 0.717) is 18.1 Å². The summed E-state index contributed by atoms with van der Waals surface area (Å²) in [4.78, 5) is 15.6. The molecular weight excluding hydrogens is 398 g/mol. The van der Waals surface area contributed by atoms with Gasteiger partial charge in [0.1, 0.15) is 50.8 Å². The summed E-state index contributed by atoms with van der Waals surface area (Å²) < 4.78 is 21.7. The summed E-state index contributed by atoms with van der Waals surface area (Å²) >= 11 is 0. The van der Waals surface area contributed by atoms with E-state index in [9.17, 15) is 4.79 Å². The number of benzene rings is 2. The van der Waals surface area contributed by atoms with Crippen molar-refractivity contribution in [3.8, 4) is 23.0 Å². The minimum Gasteiger partial charge on any atom is -0.497 e. The zero-order valence-electron chi connectivity index (χ0n) is 18.1. The van der Waals surface area contributed by atoms with Crippen LogP contribution in [0.4, 0.5) is 5.69 Å². The Morgan fingerprint density at radius 3 is 2.48 bits per heavy atom. The molecule has 1 fully saturated rings. The normalized spacial score (nSPS) is 20.7. The van der Waals surface area contributed by atoms with E-state index in [1.54, 1.807) is 7.11 Å². The summed E-state index contributed by atoms with van der Waals surface area (Å²) in [5, 5.41) is 3.01. The highest BCUT2D eigenvalue weighted by Crippen LogP contribution is 2.34. The van der Waals surface area contributed by atoms with Crippen LogP contribution in [-0.2, 0) is 4.79 Å². The van der Waals surface area contributed by atoms with E-state index in [1.807, 2.05) is 49.4 Å². The first kappa shape index (κ1) is 21.3. The van der Waals surface area contributed by atoms with Gasteiger partial charge < -0.3 is 34.1 Å². The van der Waals surface area contributed by atoms with Gasteiger partial charge in [-0.05, 0) is 43.3 Å². The first-order chi connectivity index (χ1) is 15.1. The number of hydrogen-bond donors (Lipinski definition) is 3. The molecule has 4 rings (SSSR count). The van der Waals surface area contributed by atoms with E-state index in [0.717, 1.165) is 49.9 Å². The van der Waals surface area contributed by atoms with Gasteiger partial charge in [-0.25, -0.2) is 0 Å². The number of carbonyl (C=O) groups is 1. The molecule has 2 aromatic rings. The van der Waals surface area contributed by atoms with Crippen molar-refractivity contribution >= 4 is 11.6 Å². The monoisotopic (exact) mass is 429 g/mol. The van der Waals surface area contributed by atoms with Crippen molar-refractivity contribution in [2.24, 2.45) is 0 Å². The van der Waals surface area contributed by atoms with Crippen molar-refractivity contribution < 1.29 is 33.5 Å². The number of ether oxygens (including phenoxy) is 4. The van der Waals surface area contributed by atoms with Crippen LogP contribution >= 0.6 is 0 Å². The molecule has 3 N–H and O–H groups in total. The molecule has 31 heavy (non-hydrogen) atoms. The molecular formula is C23H31N3O5+2. The quantitative estimate of drug-likeness (QED) is 0.533. The maximum absolute atomic E-state index is 12.7. The molecule has 0 spiro atoms. The topological polar surface area (TPSA) is 74.9 Å². The molecule has 2 aliphatic heterocycles. The number of nitrogens with one attached hydrogen (secondary N) is 3. The zero-order valence-corrected chi connectivity index (χ0v) is 18.1. The van der Waals surface area contributed by atoms with Crippen molar-refractivity contribution in [1.82, 2.24) is 0 Å². The smallest absolute Gasteiger partial charge is 0.282 e. The fraction of sp³-hybridized carbons (Fsp3) is 0.435. The molecule has 2 aliphatic rings. The van der Waals surface area contributed by atoms with Crippen molar-refractivity contribution in [2.45, 2.75) is 13.0 Å². The minimum atomic E-state index is -0.109. The van der Waals surface area contributed by atoms with E-state index in [1.165, 1.54) is 9.80 Å². The summed E-state index contributed by atoms with van der Waals surface area (Å²) in [6.07, 6.45) is 0. The Morgan fingerprint density at radius 2 is 1.74 bits per heavy atom. The molecule has 1 saturated heterocycles. The zero-order chi connectivity index (χ0) is 21.6. The van der Waals surface area contributed by atoms with Gasteiger partial charge in [0.15, 0.2) is 17.5 Å². The van der Waals surface area contributed by atoms with Gasteiger partial charge in [-0.3, -0.25) is 4.79 Å². The van der Waals surface area contributed by atoms with Crippen molar-refractivity contribution in [3.05, 3.63) is 42.5 Å². The summed E-state index contributed by atoms with van der Waals surface area (Å²) in [5.41, 5.74) is 0.737. The molecule has 0 unspecified atom stereocenters. The van der Waals surface area contributed by atoms with Crippen LogP contribution in [0.2, 0.25) is 0 Å². The highest BCUT2D eigenvalue weighted by Gasteiger charge is 2.31. The molecule has 8 nitrogen and oxygen atoms in total. The van der Waals surface area contributed by atoms with Crippen LogP contribution in [0.15, 0.2) is 42.5 Å². The number of amides is 1. The van der Waals surface area contributed by atoms with Gasteiger partial charge in [-0.2, -0.15) is 0 Å². The van der Waals surface area contributed by atoms with Crippen molar-refractivity contribution in [3.63, 3.8) is 0 Å². The third-order valence-corrected chi connectivity index (χ3v) is 6.03. The summed E-state index contributed by atoms with van der Waals surface area (Å²) in [6, 6.07) is 13.0. The SMILES string of the molecule is COc1ccc(OCC[NH+]2CC[NH+]([C@H](C)C(=O)Nc3ccc4c(c3)OCO4)CC2)cc1. The number of methoxy groups -OCH3 is 1. The lowest BCUT2D eigenvalue weighted by molar-refractivity contribution is -1.02. The van der Waals surface area contributed by atoms with Gasteiger partial charge in [0.05, 0.1) is 7.11 Å². The molecule has 0 bridgehead atoms. The standard InChI is InChI=1S/C23H29N3O5/c1-17(23(27)24-18-3-8-21-22(15-18)31-16-30-21)26-11-9-25(10-12-26)13-14-29-20-6-4-19(28-2)5-7-20/h3-8,15,17H,9-14,16H2,1-2H3,(H,24,27)/p+2/t17-/m1/s1. The number of quaternary nitrogens is 2. The number of carbonyl (C=O) groups excluding carboxylic acids is 1. The van der Waals surface area contributed by atoms with Gasteiger partial charge in [0, 0.05) is 11.8 Å². The molecule has 8 heteroatoms. The maximum atomic E-state index is 12.7. The lowest BCUT2D eigenvalue weighted by Gasteiger charge is -2.32. The average Bonchev–Trinajstić information content (AvgIpc) is 3.27. The summed E-state index contributed by atoms with van der Waals surface area (Å²) in [7, 11) is 1.66. The third kappa shape index (κ3) is 5.39. The van der Waals surface area contributed by atoms with Gasteiger partial charge >= 0.3 is 0 Å². The Balaban J connectivity index is 1.18. The van der Waals surface area contributed by atoms with Crippen LogP contribution in [0.5, 0.6) is 23.0 Å². The predicted octanol–water partition coefficient (Wildman–Crippen LogP) is -0.387. The van der Waals surface area contributed by atoms with Crippen LogP contribution in [0.1, 0.15) is 6.92 Å². The first-order valence-corrected chi connectivity index (χ1v) is 10.8. The van der Waals surface area contributed by atoms with Crippen LogP contribution < -0.4 is 34.1 Å². The number of fused-ring (bicyclic) bond motifs is 1. The molecule has 0 aliphatic carbocycles. The molecule has 2 heterocycles. The second-order valence-corrected chi connectivity index (χ2v) is 7.96. The van der Waals surface area contributed by atoms with Gasteiger partial charge in [-0.1, -0.05) is 0 Å². The van der Waals surface area contributed by atoms with E-state index in [4.69, 9.17) is 18.9 Å². The number of rotatable bonds is 8. The molecule has 166 valence electrons. The molecule has 0 saturated carbocycles. The second kappa shape index (κ2) is 9.89. The molecule has 1 atom stereocenters. The molecule has 2 aromatic carbocycles. The largest absolute Gasteiger partial charge is 0.497 e. The van der Waals surface area contributed by atoms with E-state index in [2.05, 4.69) is 5.32 Å². The Hall–Kier alpha value is -2.97. The fourth-order valence-electron chi connectivity index (χ4n) is 4.00. The lowest BCUT2D eigenvalue weighted by atomic mass is 10.2. The van der Waals surface area contributed by atoms with E-state index < -0.39 is 0 Å². The number of anilines is 1. The molecule has 1 amide bonds. The Bertz CT molecular complexity index is 881. The maximum Gasteiger partial charge on any atom is 0.282 e. The molecule has 0 aromatic heterocycles. The van der Waals surface area contributed by atoms with Gasteiger partial charge in [-0.15, -0.1) is 0 Å². The van der Waals surface area contributed by atoms with Gasteiger partial charge in [0.2, 0.25) is 6.79 Å². The Labute approximate surface area is 182 Å². The Kier molecular flexibility index (Phi) is 6.79. The van der Waals surface area contributed by atoms with Crippen molar-refractivity contribution in [2.75, 3.05) is 58.6 Å². The highest BCUT2D eigenvalue weighted by molar-refractivity contribution is 5.94. The van der Waals surface area contributed by atoms with Crippen molar-refractivity contribution in [1.29, 1.82) is 0 Å². The van der Waals surface area contributed by atoms with E-state index in [-0.39, 0.29) is 18.7 Å². The van der Waals surface area contributed by atoms with Gasteiger partial charge in [0.25, 0.3) is 5.91 Å². The number of piperazine rings is 1. The van der Waals surface area contributed by atoms with Crippen LogP contribution in [0, 0.1) is 0 Å². The summed E-state index contributed by atoms with van der Waals surface area (Å²) in [6.45, 7) is 7.85. The average molecular weight is 430 g/mol. The van der Waals surface area contributed by atoms with Crippen LogP contribution in [0.3, 0.4) is 0 Å². The van der Waals surface area contributed by atoms with Crippen LogP contribution in [0.25, 0.3) is 0 Å². The van der Waals surface area contributed by atoms with E-state index >= 15 is 0 Å². The van der Waals surface area contributed by atoms with Crippen LogP contribution in [-0.4, -0.2) is 65.2 Å². The fourth-order valence-corrected chi connectivity index (χ4v) is 4.00. The second-order valence-electron chi connectivity index (χ2n) is 7.96. The molecule has 0 radical (unpaired) electrons. The predicted molar refractivity (Wildman–Crippen MR) is 115 cm³/mol.